The van der Waals surface area contributed by atoms with Gasteiger partial charge in [0.15, 0.2) is 5.41 Å². The molecule has 0 aromatic rings. The number of hydrogen-bond acceptors (Lipinski definition) is 2. The van der Waals surface area contributed by atoms with Gasteiger partial charge >= 0.3 is 59.8 Å². The van der Waals surface area contributed by atoms with Gasteiger partial charge in [0.2, 0.25) is 0 Å². The van der Waals surface area contributed by atoms with E-state index in [2.05, 4.69) is 4.74 Å². The first kappa shape index (κ1) is 37.3. The monoisotopic (exact) mass is 682 g/mol. The van der Waals surface area contributed by atoms with Gasteiger partial charge in [-0.05, 0) is 36.5 Å². The Labute approximate surface area is 227 Å². The first-order chi connectivity index (χ1) is 18.6. The van der Waals surface area contributed by atoms with E-state index in [-0.39, 0.29) is 12.3 Å². The van der Waals surface area contributed by atoms with E-state index < -0.39 is 102 Å². The highest BCUT2D eigenvalue weighted by molar-refractivity contribution is 5.79. The van der Waals surface area contributed by atoms with Gasteiger partial charge in [0.25, 0.3) is 0 Å². The second-order valence-electron chi connectivity index (χ2n) is 10.5. The van der Waals surface area contributed by atoms with Crippen molar-refractivity contribution in [2.75, 3.05) is 6.61 Å². The zero-order valence-corrected chi connectivity index (χ0v) is 21.0. The minimum atomic E-state index is -8.80. The van der Waals surface area contributed by atoms with Crippen LogP contribution in [-0.2, 0) is 9.53 Å². The van der Waals surface area contributed by atoms with Crippen LogP contribution >= 0.6 is 0 Å². The number of ether oxygens (including phenoxy) is 1. The molecule has 0 saturated heterocycles. The summed E-state index contributed by atoms with van der Waals surface area (Å²) in [5, 5.41) is 0. The van der Waals surface area contributed by atoms with E-state index in [9.17, 15) is 92.6 Å². The lowest BCUT2D eigenvalue weighted by Crippen LogP contribution is -2.74. The van der Waals surface area contributed by atoms with Crippen LogP contribution in [0.2, 0.25) is 0 Å². The number of alkyl halides is 20. The van der Waals surface area contributed by atoms with Crippen molar-refractivity contribution in [1.82, 2.24) is 0 Å². The highest BCUT2D eigenvalue weighted by Crippen LogP contribution is 2.67. The highest BCUT2D eigenvalue weighted by atomic mass is 19.4. The molecule has 0 radical (unpaired) electrons. The van der Waals surface area contributed by atoms with Gasteiger partial charge in [-0.3, -0.25) is 4.79 Å². The molecule has 0 aliphatic heterocycles. The molecule has 0 heterocycles. The van der Waals surface area contributed by atoms with Crippen molar-refractivity contribution in [2.45, 2.75) is 86.9 Å². The van der Waals surface area contributed by atoms with Gasteiger partial charge in [0.05, 0.1) is 13.0 Å². The highest BCUT2D eigenvalue weighted by Gasteiger charge is 2.95. The lowest BCUT2D eigenvalue weighted by Gasteiger charge is -2.43. The van der Waals surface area contributed by atoms with Gasteiger partial charge in [-0.1, -0.05) is 13.8 Å². The minimum absolute atomic E-state index is 0.237. The Hall–Kier alpha value is -1.93. The van der Waals surface area contributed by atoms with Crippen molar-refractivity contribution in [3.8, 4) is 0 Å². The van der Waals surface area contributed by atoms with Crippen molar-refractivity contribution in [3.63, 3.8) is 0 Å². The van der Waals surface area contributed by atoms with Crippen LogP contribution in [0.3, 0.4) is 0 Å². The first-order valence-corrected chi connectivity index (χ1v) is 11.6. The Morgan fingerprint density at radius 3 is 1.37 bits per heavy atom. The van der Waals surface area contributed by atoms with Gasteiger partial charge < -0.3 is 4.74 Å². The predicted molar refractivity (Wildman–Crippen MR) is 99.3 cm³/mol. The lowest BCUT2D eigenvalue weighted by molar-refractivity contribution is -0.461. The average molecular weight is 682 g/mol. The number of esters is 1. The van der Waals surface area contributed by atoms with Gasteiger partial charge in [-0.2, -0.15) is 87.8 Å². The zero-order chi connectivity index (χ0) is 34.4. The number of carbonyl (C=O) groups excluding carboxylic acids is 1. The van der Waals surface area contributed by atoms with E-state index >= 15 is 0 Å². The number of carbonyl (C=O) groups is 1. The van der Waals surface area contributed by atoms with E-state index in [1.807, 2.05) is 0 Å². The molecule has 5 unspecified atom stereocenters. The Kier molecular flexibility index (Phi) is 8.70. The summed E-state index contributed by atoms with van der Waals surface area (Å²) in [6.45, 7) is 0.382. The fourth-order valence-electron chi connectivity index (χ4n) is 5.47. The van der Waals surface area contributed by atoms with E-state index in [4.69, 9.17) is 0 Å². The molecule has 2 aliphatic carbocycles. The molecular formula is C21H18F20O2. The molecule has 0 N–H and O–H groups in total. The Balaban J connectivity index is 2.35. The maximum absolute atomic E-state index is 14.0. The molecule has 0 amide bonds. The molecule has 0 aromatic heterocycles. The molecular weight excluding hydrogens is 664 g/mol. The normalized spacial score (nSPS) is 28.4. The van der Waals surface area contributed by atoms with Crippen LogP contribution in [0.5, 0.6) is 0 Å². The maximum Gasteiger partial charge on any atom is 0.460 e. The Bertz CT molecular complexity index is 1060. The molecule has 2 aliphatic rings. The van der Waals surface area contributed by atoms with Gasteiger partial charge in [-0.25, -0.2) is 0 Å². The van der Waals surface area contributed by atoms with Crippen LogP contribution in [0.4, 0.5) is 87.8 Å². The minimum Gasteiger partial charge on any atom is -0.465 e. The molecule has 43 heavy (non-hydrogen) atoms. The summed E-state index contributed by atoms with van der Waals surface area (Å²) in [5.74, 6) is -63.9. The standard InChI is InChI=1S/C21H18F20O2/c1-7-8(2)10-5-9(7)6-12(10,20(36,37)38)11(42)43-4-3-13(22,23)14(24,25)15(26,27)16(28,29)17(30,31)18(32,33)19(34,35)21(39,40)41/h7-10H,3-6H2,1-2H3. The number of halogens is 20. The van der Waals surface area contributed by atoms with Crippen LogP contribution in [0.1, 0.15) is 33.1 Å². The largest absolute Gasteiger partial charge is 0.465 e. The summed E-state index contributed by atoms with van der Waals surface area (Å²) in [7, 11) is 0. The zero-order valence-electron chi connectivity index (χ0n) is 21.0. The second-order valence-corrected chi connectivity index (χ2v) is 10.5. The van der Waals surface area contributed by atoms with Gasteiger partial charge in [0, 0.05) is 0 Å². The average Bonchev–Trinajstić information content (AvgIpc) is 3.34. The molecule has 5 atom stereocenters. The molecule has 2 fully saturated rings. The molecule has 2 bridgehead atoms. The summed E-state index contributed by atoms with van der Waals surface area (Å²) in [4.78, 5) is 12.4. The summed E-state index contributed by atoms with van der Waals surface area (Å²) in [6, 6.07) is 0. The second kappa shape index (κ2) is 10.0. The summed E-state index contributed by atoms with van der Waals surface area (Å²) in [6.07, 6.45) is -17.7. The third-order valence-electron chi connectivity index (χ3n) is 8.29. The third-order valence-corrected chi connectivity index (χ3v) is 8.29. The molecule has 254 valence electrons. The van der Waals surface area contributed by atoms with Gasteiger partial charge in [0.1, 0.15) is 0 Å². The topological polar surface area (TPSA) is 26.3 Å². The molecule has 22 heteroatoms. The number of hydrogen-bond donors (Lipinski definition) is 0. The van der Waals surface area contributed by atoms with E-state index in [0.717, 1.165) is 0 Å². The van der Waals surface area contributed by atoms with Gasteiger partial charge in [-0.15, -0.1) is 0 Å². The van der Waals surface area contributed by atoms with Crippen molar-refractivity contribution in [1.29, 1.82) is 0 Å². The van der Waals surface area contributed by atoms with Crippen LogP contribution in [-0.4, -0.2) is 66.4 Å². The third kappa shape index (κ3) is 4.79. The SMILES string of the molecule is CC1C2CC(C1C)C(C(=O)OCCC(F)(F)C(F)(F)C(F)(F)C(F)(F)C(F)(F)C(F)(F)C(F)(F)C(F)(F)F)(C(F)(F)F)C2. The van der Waals surface area contributed by atoms with Crippen molar-refractivity contribution >= 4 is 5.97 Å². The van der Waals surface area contributed by atoms with Crippen LogP contribution in [0.15, 0.2) is 0 Å². The predicted octanol–water partition coefficient (Wildman–Crippen LogP) is 8.79. The Morgan fingerprint density at radius 2 is 1.02 bits per heavy atom. The summed E-state index contributed by atoms with van der Waals surface area (Å²) < 4.78 is 272. The molecule has 2 saturated carbocycles. The van der Waals surface area contributed by atoms with Crippen LogP contribution < -0.4 is 0 Å². The lowest BCUT2D eigenvalue weighted by atomic mass is 9.65. The Morgan fingerprint density at radius 1 is 0.628 bits per heavy atom. The first-order valence-electron chi connectivity index (χ1n) is 11.6. The van der Waals surface area contributed by atoms with Crippen LogP contribution in [0, 0.1) is 29.1 Å². The van der Waals surface area contributed by atoms with Crippen molar-refractivity contribution < 1.29 is 97.3 Å². The smallest absolute Gasteiger partial charge is 0.460 e. The fraction of sp³-hybridized carbons (Fsp3) is 0.952. The summed E-state index contributed by atoms with van der Waals surface area (Å²) in [5.41, 5.74) is -3.41. The van der Waals surface area contributed by atoms with Crippen molar-refractivity contribution in [2.24, 2.45) is 29.1 Å². The number of fused-ring (bicyclic) bond motifs is 2. The maximum atomic E-state index is 14.0. The molecule has 2 nitrogen and oxygen atoms in total. The van der Waals surface area contributed by atoms with E-state index in [1.165, 1.54) is 13.8 Å². The molecule has 0 spiro atoms. The molecule has 0 aromatic carbocycles. The fourth-order valence-corrected chi connectivity index (χ4v) is 5.47. The summed E-state index contributed by atoms with van der Waals surface area (Å²) >= 11 is 0. The van der Waals surface area contributed by atoms with E-state index in [0.29, 0.717) is 0 Å². The number of rotatable bonds is 10. The van der Waals surface area contributed by atoms with Crippen LogP contribution in [0.25, 0.3) is 0 Å². The van der Waals surface area contributed by atoms with E-state index in [1.54, 1.807) is 0 Å². The molecule has 2 rings (SSSR count). The quantitative estimate of drug-likeness (QED) is 0.170. The van der Waals surface area contributed by atoms with Crippen molar-refractivity contribution in [3.05, 3.63) is 0 Å².